The Morgan fingerprint density at radius 2 is 1.33 bits per heavy atom. The van der Waals surface area contributed by atoms with E-state index in [1.54, 1.807) is 34.4 Å². The fourth-order valence-electron chi connectivity index (χ4n) is 1.00. The van der Waals surface area contributed by atoms with Crippen LogP contribution in [0.1, 0.15) is 9.75 Å². The third-order valence-electron chi connectivity index (χ3n) is 1.65. The second-order valence-electron chi connectivity index (χ2n) is 2.63. The molecule has 2 aromatic rings. The second-order valence-corrected chi connectivity index (χ2v) is 6.40. The average molecular weight is 246 g/mol. The van der Waals surface area contributed by atoms with Gasteiger partial charge < -0.3 is 0 Å². The summed E-state index contributed by atoms with van der Waals surface area (Å²) in [6, 6.07) is 8.00. The molecule has 0 fully saturated rings. The number of terminal acetylenes is 2. The summed E-state index contributed by atoms with van der Waals surface area (Å²) >= 11 is 4.96. The Bertz CT molecular complexity index is 496. The first-order chi connectivity index (χ1) is 7.31. The summed E-state index contributed by atoms with van der Waals surface area (Å²) in [6.07, 6.45) is 10.6. The van der Waals surface area contributed by atoms with Crippen LogP contribution in [0.3, 0.4) is 0 Å². The van der Waals surface area contributed by atoms with Crippen LogP contribution in [0.5, 0.6) is 0 Å². The van der Waals surface area contributed by atoms with Crippen molar-refractivity contribution in [2.45, 2.75) is 8.42 Å². The lowest BCUT2D eigenvalue weighted by molar-refractivity contribution is 1.67. The molecule has 2 heterocycles. The van der Waals surface area contributed by atoms with E-state index in [0.29, 0.717) is 0 Å². The molecule has 0 aliphatic carbocycles. The normalized spacial score (nSPS) is 9.47. The monoisotopic (exact) mass is 246 g/mol. The van der Waals surface area contributed by atoms with Crippen molar-refractivity contribution in [2.75, 3.05) is 0 Å². The van der Waals surface area contributed by atoms with Crippen molar-refractivity contribution in [3.8, 4) is 24.7 Å². The fourth-order valence-corrected chi connectivity index (χ4v) is 4.14. The van der Waals surface area contributed by atoms with Crippen LogP contribution in [0, 0.1) is 24.7 Å². The van der Waals surface area contributed by atoms with Crippen molar-refractivity contribution >= 4 is 34.4 Å². The molecule has 0 radical (unpaired) electrons. The van der Waals surface area contributed by atoms with Crippen molar-refractivity contribution in [1.29, 1.82) is 0 Å². The molecule has 2 aromatic heterocycles. The van der Waals surface area contributed by atoms with Crippen LogP contribution in [0.4, 0.5) is 0 Å². The zero-order valence-electron chi connectivity index (χ0n) is 7.69. The molecule has 0 saturated carbocycles. The average Bonchev–Trinajstić information content (AvgIpc) is 2.87. The molecule has 0 aromatic carbocycles. The van der Waals surface area contributed by atoms with Crippen LogP contribution in [0.2, 0.25) is 0 Å². The van der Waals surface area contributed by atoms with Crippen LogP contribution in [-0.2, 0) is 0 Å². The van der Waals surface area contributed by atoms with Gasteiger partial charge in [0.15, 0.2) is 0 Å². The van der Waals surface area contributed by atoms with Crippen molar-refractivity contribution in [1.82, 2.24) is 0 Å². The molecule has 3 heteroatoms. The number of rotatable bonds is 2. The van der Waals surface area contributed by atoms with Gasteiger partial charge in [0.1, 0.15) is 0 Å². The van der Waals surface area contributed by atoms with Gasteiger partial charge in [-0.3, -0.25) is 0 Å². The summed E-state index contributed by atoms with van der Waals surface area (Å²) in [5, 5.41) is 0. The van der Waals surface area contributed by atoms with Crippen molar-refractivity contribution in [2.24, 2.45) is 0 Å². The van der Waals surface area contributed by atoms with E-state index in [1.807, 2.05) is 24.3 Å². The molecule has 15 heavy (non-hydrogen) atoms. The van der Waals surface area contributed by atoms with Gasteiger partial charge in [0.2, 0.25) is 0 Å². The Balaban J connectivity index is 2.16. The zero-order valence-corrected chi connectivity index (χ0v) is 10.1. The third kappa shape index (κ3) is 2.46. The Hall–Kier alpha value is -1.13. The molecule has 0 nitrogen and oxygen atoms in total. The Kier molecular flexibility index (Phi) is 3.18. The van der Waals surface area contributed by atoms with E-state index >= 15 is 0 Å². The summed E-state index contributed by atoms with van der Waals surface area (Å²) in [7, 11) is 0. The zero-order chi connectivity index (χ0) is 10.7. The van der Waals surface area contributed by atoms with E-state index in [2.05, 4.69) is 11.8 Å². The molecule has 0 aliphatic rings. The largest absolute Gasteiger partial charge is 0.120 e. The maximum atomic E-state index is 5.31. The van der Waals surface area contributed by atoms with E-state index in [-0.39, 0.29) is 0 Å². The maximum absolute atomic E-state index is 5.31. The SMILES string of the molecule is C#Cc1ccc(Sc2ccc(C#C)s2)s1. The fraction of sp³-hybridized carbons (Fsp3) is 0. The van der Waals surface area contributed by atoms with Gasteiger partial charge in [-0.1, -0.05) is 23.6 Å². The third-order valence-corrected chi connectivity index (χ3v) is 4.95. The highest BCUT2D eigenvalue weighted by Gasteiger charge is 2.03. The molecule has 0 saturated heterocycles. The summed E-state index contributed by atoms with van der Waals surface area (Å²) in [5.41, 5.74) is 0. The van der Waals surface area contributed by atoms with Gasteiger partial charge in [-0.25, -0.2) is 0 Å². The first-order valence-corrected chi connectivity index (χ1v) is 6.57. The van der Waals surface area contributed by atoms with Crippen molar-refractivity contribution in [3.05, 3.63) is 34.0 Å². The highest BCUT2D eigenvalue weighted by molar-refractivity contribution is 8.02. The lowest BCUT2D eigenvalue weighted by atomic mass is 10.5. The van der Waals surface area contributed by atoms with Crippen molar-refractivity contribution < 1.29 is 0 Å². The van der Waals surface area contributed by atoms with E-state index in [4.69, 9.17) is 12.8 Å². The van der Waals surface area contributed by atoms with Gasteiger partial charge in [0.05, 0.1) is 18.2 Å². The first-order valence-electron chi connectivity index (χ1n) is 4.12. The van der Waals surface area contributed by atoms with Crippen LogP contribution < -0.4 is 0 Å². The minimum Gasteiger partial charge on any atom is -0.120 e. The van der Waals surface area contributed by atoms with Crippen LogP contribution in [-0.4, -0.2) is 0 Å². The lowest BCUT2D eigenvalue weighted by Crippen LogP contribution is -1.56. The molecule has 72 valence electrons. The molecular formula is C12H6S3. The van der Waals surface area contributed by atoms with Gasteiger partial charge in [-0.15, -0.1) is 35.5 Å². The summed E-state index contributed by atoms with van der Waals surface area (Å²) in [6.45, 7) is 0. The number of thiophene rings is 2. The quantitative estimate of drug-likeness (QED) is 0.724. The molecular weight excluding hydrogens is 240 g/mol. The Morgan fingerprint density at radius 3 is 1.67 bits per heavy atom. The smallest absolute Gasteiger partial charge is 0.0777 e. The molecule has 0 spiro atoms. The molecule has 0 amide bonds. The van der Waals surface area contributed by atoms with E-state index < -0.39 is 0 Å². The van der Waals surface area contributed by atoms with Gasteiger partial charge in [0.25, 0.3) is 0 Å². The van der Waals surface area contributed by atoms with E-state index in [9.17, 15) is 0 Å². The summed E-state index contributed by atoms with van der Waals surface area (Å²) < 4.78 is 2.40. The van der Waals surface area contributed by atoms with Crippen LogP contribution >= 0.6 is 34.4 Å². The molecule has 0 unspecified atom stereocenters. The molecule has 0 bridgehead atoms. The van der Waals surface area contributed by atoms with Gasteiger partial charge >= 0.3 is 0 Å². The predicted octanol–water partition coefficient (Wildman–Crippen LogP) is 3.92. The highest BCUT2D eigenvalue weighted by atomic mass is 32.2. The van der Waals surface area contributed by atoms with E-state index in [1.165, 1.54) is 8.42 Å². The summed E-state index contributed by atoms with van der Waals surface area (Å²) in [5.74, 6) is 5.25. The molecule has 2 rings (SSSR count). The molecule has 0 atom stereocenters. The Morgan fingerprint density at radius 1 is 0.867 bits per heavy atom. The molecule has 0 N–H and O–H groups in total. The van der Waals surface area contributed by atoms with Gasteiger partial charge in [0, 0.05) is 0 Å². The van der Waals surface area contributed by atoms with Crippen molar-refractivity contribution in [3.63, 3.8) is 0 Å². The predicted molar refractivity (Wildman–Crippen MR) is 68.6 cm³/mol. The Labute approximate surface area is 101 Å². The maximum Gasteiger partial charge on any atom is 0.0777 e. The second kappa shape index (κ2) is 4.59. The highest BCUT2D eigenvalue weighted by Crippen LogP contribution is 2.36. The number of hydrogen-bond donors (Lipinski definition) is 0. The first kappa shape index (κ1) is 10.4. The number of hydrogen-bond acceptors (Lipinski definition) is 3. The minimum atomic E-state index is 0.964. The lowest BCUT2D eigenvalue weighted by Gasteiger charge is -1.90. The minimum absolute atomic E-state index is 0.964. The van der Waals surface area contributed by atoms with Crippen LogP contribution in [0.25, 0.3) is 0 Å². The molecule has 0 aliphatic heterocycles. The van der Waals surface area contributed by atoms with Gasteiger partial charge in [-0.05, 0) is 24.3 Å². The summed E-state index contributed by atoms with van der Waals surface area (Å²) in [4.78, 5) is 1.93. The van der Waals surface area contributed by atoms with E-state index in [0.717, 1.165) is 9.75 Å². The standard InChI is InChI=1S/C12H6S3/c1-3-9-5-7-11(13-9)15-12-8-6-10(4-2)14-12/h1-2,5-8H. The van der Waals surface area contributed by atoms with Gasteiger partial charge in [-0.2, -0.15) is 0 Å². The van der Waals surface area contributed by atoms with Crippen LogP contribution in [0.15, 0.2) is 32.7 Å². The topological polar surface area (TPSA) is 0 Å².